The summed E-state index contributed by atoms with van der Waals surface area (Å²) in [4.78, 5) is 51.3. The number of hydrogen-bond acceptors (Lipinski definition) is 8. The van der Waals surface area contributed by atoms with E-state index in [9.17, 15) is 24.3 Å². The van der Waals surface area contributed by atoms with Crippen molar-refractivity contribution in [3.05, 3.63) is 48.0 Å². The van der Waals surface area contributed by atoms with Crippen molar-refractivity contribution < 1.29 is 38.2 Å². The number of furan rings is 1. The molecule has 5 rings (SSSR count). The van der Waals surface area contributed by atoms with Crippen molar-refractivity contribution in [1.29, 1.82) is 0 Å². The van der Waals surface area contributed by atoms with Crippen molar-refractivity contribution in [2.45, 2.75) is 77.4 Å². The summed E-state index contributed by atoms with van der Waals surface area (Å²) in [6.07, 6.45) is 9.31. The number of ketones is 2. The molecule has 7 atom stereocenters. The van der Waals surface area contributed by atoms with Crippen LogP contribution >= 0.6 is 0 Å². The van der Waals surface area contributed by atoms with Crippen molar-refractivity contribution in [3.63, 3.8) is 0 Å². The summed E-state index contributed by atoms with van der Waals surface area (Å²) in [5.74, 6) is -1.76. The molecule has 1 heterocycles. The molecule has 0 bridgehead atoms. The predicted octanol–water partition coefficient (Wildman–Crippen LogP) is 4.37. The van der Waals surface area contributed by atoms with Crippen molar-refractivity contribution in [1.82, 2.24) is 0 Å². The molecule has 4 aliphatic carbocycles. The van der Waals surface area contributed by atoms with Crippen molar-refractivity contribution >= 4 is 23.5 Å². The monoisotopic (exact) mass is 524 g/mol. The van der Waals surface area contributed by atoms with Crippen molar-refractivity contribution in [2.75, 3.05) is 6.61 Å². The van der Waals surface area contributed by atoms with E-state index >= 15 is 0 Å². The number of allylic oxidation sites excluding steroid dienone is 4. The summed E-state index contributed by atoms with van der Waals surface area (Å²) in [7, 11) is 0. The van der Waals surface area contributed by atoms with Gasteiger partial charge >= 0.3 is 11.9 Å². The smallest absolute Gasteiger partial charge is 0.374 e. The van der Waals surface area contributed by atoms with Gasteiger partial charge in [0.15, 0.2) is 18.0 Å². The molecule has 0 saturated heterocycles. The summed E-state index contributed by atoms with van der Waals surface area (Å²) in [5, 5.41) is 11.7. The number of aliphatic hydroxyl groups is 1. The molecule has 38 heavy (non-hydrogen) atoms. The number of fused-ring (bicyclic) bond motifs is 5. The average molecular weight is 525 g/mol. The van der Waals surface area contributed by atoms with Crippen molar-refractivity contribution in [2.24, 2.45) is 28.6 Å². The van der Waals surface area contributed by atoms with E-state index in [1.165, 1.54) is 12.3 Å². The highest BCUT2D eigenvalue weighted by molar-refractivity contribution is 6.01. The lowest BCUT2D eigenvalue weighted by Gasteiger charge is -2.59. The maximum absolute atomic E-state index is 13.9. The van der Waals surface area contributed by atoms with E-state index in [0.29, 0.717) is 19.3 Å². The second-order valence-corrected chi connectivity index (χ2v) is 11.8. The Hall–Kier alpha value is -3.00. The van der Waals surface area contributed by atoms with Crippen LogP contribution in [0.15, 0.2) is 46.6 Å². The molecule has 3 fully saturated rings. The third kappa shape index (κ3) is 3.99. The largest absolute Gasteiger partial charge is 0.457 e. The maximum atomic E-state index is 13.9. The van der Waals surface area contributed by atoms with Crippen LogP contribution < -0.4 is 0 Å². The van der Waals surface area contributed by atoms with Crippen LogP contribution in [0.4, 0.5) is 0 Å². The third-order valence-corrected chi connectivity index (χ3v) is 9.87. The summed E-state index contributed by atoms with van der Waals surface area (Å²) in [6.45, 7) is 5.35. The van der Waals surface area contributed by atoms with Crippen LogP contribution in [0.5, 0.6) is 0 Å². The Labute approximate surface area is 222 Å². The molecule has 1 aromatic heterocycles. The summed E-state index contributed by atoms with van der Waals surface area (Å²) >= 11 is 0. The highest BCUT2D eigenvalue weighted by Gasteiger charge is 2.70. The topological polar surface area (TPSA) is 120 Å². The zero-order chi connectivity index (χ0) is 27.3. The van der Waals surface area contributed by atoms with Crippen LogP contribution in [-0.2, 0) is 23.9 Å². The zero-order valence-electron chi connectivity index (χ0n) is 22.2. The van der Waals surface area contributed by atoms with E-state index < -0.39 is 46.9 Å². The molecule has 1 aromatic rings. The number of esters is 2. The van der Waals surface area contributed by atoms with E-state index in [2.05, 4.69) is 6.92 Å². The van der Waals surface area contributed by atoms with Gasteiger partial charge < -0.3 is 19.0 Å². The van der Waals surface area contributed by atoms with Gasteiger partial charge in [-0.1, -0.05) is 32.4 Å². The minimum Gasteiger partial charge on any atom is -0.457 e. The minimum atomic E-state index is -1.51. The van der Waals surface area contributed by atoms with Gasteiger partial charge in [-0.05, 0) is 74.6 Å². The van der Waals surface area contributed by atoms with Crippen molar-refractivity contribution in [3.8, 4) is 0 Å². The van der Waals surface area contributed by atoms with Gasteiger partial charge in [0.2, 0.25) is 11.5 Å². The second-order valence-electron chi connectivity index (χ2n) is 11.8. The molecule has 0 amide bonds. The summed E-state index contributed by atoms with van der Waals surface area (Å²) in [5.41, 5.74) is -1.73. The number of carbonyl (C=O) groups excluding carboxylic acids is 4. The van der Waals surface area contributed by atoms with Gasteiger partial charge in [-0.25, -0.2) is 4.79 Å². The minimum absolute atomic E-state index is 0.0134. The van der Waals surface area contributed by atoms with Gasteiger partial charge in [0.1, 0.15) is 0 Å². The van der Waals surface area contributed by atoms with E-state index in [1.54, 1.807) is 18.2 Å². The lowest BCUT2D eigenvalue weighted by molar-refractivity contribution is -0.200. The van der Waals surface area contributed by atoms with Gasteiger partial charge in [-0.3, -0.25) is 14.4 Å². The summed E-state index contributed by atoms with van der Waals surface area (Å²) < 4.78 is 16.5. The molecule has 0 aliphatic heterocycles. The Balaban J connectivity index is 1.47. The van der Waals surface area contributed by atoms with E-state index in [0.717, 1.165) is 18.4 Å². The molecule has 0 aromatic carbocycles. The Morgan fingerprint density at radius 1 is 1.21 bits per heavy atom. The Kier molecular flexibility index (Phi) is 6.74. The number of aliphatic hydroxyl groups excluding tert-OH is 1. The van der Waals surface area contributed by atoms with E-state index in [-0.39, 0.29) is 42.1 Å². The first-order chi connectivity index (χ1) is 18.1. The molecule has 0 radical (unpaired) electrons. The molecular formula is C30H36O8. The second kappa shape index (κ2) is 9.63. The molecule has 3 saturated carbocycles. The van der Waals surface area contributed by atoms with Gasteiger partial charge in [0, 0.05) is 23.2 Å². The summed E-state index contributed by atoms with van der Waals surface area (Å²) in [6, 6.07) is 3.01. The average Bonchev–Trinajstić information content (AvgIpc) is 3.50. The standard InChI is InChI=1S/C30H36O8/c1-4-6-25(34)38-30(24(33)17-37-27(35)23-7-5-14-36-23)13-11-21-20-9-8-18-15-19(31)10-12-28(18,2)26(20)22(32)16-29(21,30)3/h5,7,10,12,14-15,20-22,26,32H,4,6,8-9,11,13,16-17H2,1-3H3/t20-,21-,22-,26+,28-,29-,30-/m0/s1. The van der Waals surface area contributed by atoms with Gasteiger partial charge in [-0.15, -0.1) is 0 Å². The molecule has 1 N–H and O–H groups in total. The van der Waals surface area contributed by atoms with Gasteiger partial charge in [-0.2, -0.15) is 0 Å². The molecule has 8 nitrogen and oxygen atoms in total. The highest BCUT2D eigenvalue weighted by Crippen LogP contribution is 2.68. The van der Waals surface area contributed by atoms with Crippen LogP contribution in [0.1, 0.15) is 76.3 Å². The van der Waals surface area contributed by atoms with Crippen LogP contribution in [0, 0.1) is 28.6 Å². The van der Waals surface area contributed by atoms with Gasteiger partial charge in [0.05, 0.1) is 12.4 Å². The number of rotatable bonds is 7. The number of hydrogen-bond donors (Lipinski definition) is 1. The number of carbonyl (C=O) groups is 4. The fourth-order valence-electron chi connectivity index (χ4n) is 8.16. The predicted molar refractivity (Wildman–Crippen MR) is 136 cm³/mol. The first-order valence-electron chi connectivity index (χ1n) is 13.6. The van der Waals surface area contributed by atoms with E-state index in [4.69, 9.17) is 13.9 Å². The maximum Gasteiger partial charge on any atom is 0.374 e. The highest BCUT2D eigenvalue weighted by atomic mass is 16.6. The lowest BCUT2D eigenvalue weighted by atomic mass is 9.46. The molecule has 4 aliphatic rings. The first-order valence-corrected chi connectivity index (χ1v) is 13.6. The quantitative estimate of drug-likeness (QED) is 0.522. The van der Waals surface area contributed by atoms with Gasteiger partial charge in [0.25, 0.3) is 0 Å². The number of Topliss-reactive ketones (excluding diaryl/α,β-unsaturated/α-hetero) is 1. The fourth-order valence-corrected chi connectivity index (χ4v) is 8.16. The normalized spacial score (nSPS) is 37.5. The molecule has 0 unspecified atom stereocenters. The molecule has 204 valence electrons. The Bertz CT molecular complexity index is 1190. The van der Waals surface area contributed by atoms with Crippen LogP contribution in [-0.4, -0.2) is 46.9 Å². The third-order valence-electron chi connectivity index (χ3n) is 9.87. The first kappa shape index (κ1) is 26.6. The van der Waals surface area contributed by atoms with E-state index in [1.807, 2.05) is 19.9 Å². The van der Waals surface area contributed by atoms with Crippen LogP contribution in [0.25, 0.3) is 0 Å². The van der Waals surface area contributed by atoms with Crippen LogP contribution in [0.2, 0.25) is 0 Å². The van der Waals surface area contributed by atoms with Crippen LogP contribution in [0.3, 0.4) is 0 Å². The SMILES string of the molecule is CCCC(=O)O[C@]1(C(=O)COC(=O)c2ccco2)CC[C@H]2[C@@H]3CCC4=CC(=O)C=C[C@]4(C)[C@H]3[C@@H](O)C[C@@]21C. The fraction of sp³-hybridized carbons (Fsp3) is 0.600. The molecular weight excluding hydrogens is 488 g/mol. The molecule has 8 heteroatoms. The number of ether oxygens (including phenoxy) is 2. The Morgan fingerprint density at radius 3 is 2.71 bits per heavy atom. The zero-order valence-corrected chi connectivity index (χ0v) is 22.2. The Morgan fingerprint density at radius 2 is 2.00 bits per heavy atom. The molecule has 0 spiro atoms. The lowest BCUT2D eigenvalue weighted by Crippen LogP contribution is -2.63.